The van der Waals surface area contributed by atoms with E-state index >= 15 is 0 Å². The second kappa shape index (κ2) is 4.34. The van der Waals surface area contributed by atoms with Gasteiger partial charge in [-0.2, -0.15) is 0 Å². The Hall–Kier alpha value is -0.200. The Kier molecular flexibility index (Phi) is 3.63. The lowest BCUT2D eigenvalue weighted by atomic mass is 10.0. The van der Waals surface area contributed by atoms with E-state index in [1.54, 1.807) is 19.1 Å². The van der Waals surface area contributed by atoms with Gasteiger partial charge in [0.25, 0.3) is 0 Å². The fraction of sp³-hybridized carbons (Fsp3) is 0.333. The van der Waals surface area contributed by atoms with Crippen molar-refractivity contribution >= 4 is 22.6 Å². The van der Waals surface area contributed by atoms with Crippen LogP contribution in [0.2, 0.25) is 0 Å². The third-order valence-corrected chi connectivity index (χ3v) is 2.67. The summed E-state index contributed by atoms with van der Waals surface area (Å²) in [5.41, 5.74) is 6.43. The Labute approximate surface area is 90.1 Å². The zero-order valence-corrected chi connectivity index (χ0v) is 9.32. The minimum absolute atomic E-state index is 0.262. The van der Waals surface area contributed by atoms with Crippen LogP contribution in [0.25, 0.3) is 0 Å². The second-order valence-corrected chi connectivity index (χ2v) is 4.10. The monoisotopic (exact) mass is 295 g/mol. The van der Waals surface area contributed by atoms with Gasteiger partial charge >= 0.3 is 0 Å². The quantitative estimate of drug-likeness (QED) is 0.817. The van der Waals surface area contributed by atoms with Crippen LogP contribution in [-0.2, 0) is 0 Å². The van der Waals surface area contributed by atoms with E-state index in [1.165, 1.54) is 6.07 Å². The molecule has 0 aliphatic carbocycles. The van der Waals surface area contributed by atoms with E-state index in [4.69, 9.17) is 5.73 Å². The maximum atomic E-state index is 12.9. The highest BCUT2D eigenvalue weighted by atomic mass is 127. The summed E-state index contributed by atoms with van der Waals surface area (Å²) >= 11 is 1.89. The molecule has 1 aromatic carbocycles. The van der Waals surface area contributed by atoms with E-state index in [1.807, 2.05) is 22.6 Å². The summed E-state index contributed by atoms with van der Waals surface area (Å²) in [4.78, 5) is 0. The molecule has 2 atom stereocenters. The number of hydrogen-bond donors (Lipinski definition) is 2. The van der Waals surface area contributed by atoms with Gasteiger partial charge in [-0.05, 0) is 47.2 Å². The first-order valence-corrected chi connectivity index (χ1v) is 4.99. The molecule has 0 bridgehead atoms. The molecule has 0 amide bonds. The molecule has 1 rings (SSSR count). The first-order valence-electron chi connectivity index (χ1n) is 3.91. The molecule has 0 radical (unpaired) electrons. The molecule has 13 heavy (non-hydrogen) atoms. The van der Waals surface area contributed by atoms with Crippen molar-refractivity contribution in [3.63, 3.8) is 0 Å². The predicted molar refractivity (Wildman–Crippen MR) is 57.7 cm³/mol. The van der Waals surface area contributed by atoms with Crippen LogP contribution in [0.1, 0.15) is 18.5 Å². The largest absolute Gasteiger partial charge is 0.391 e. The van der Waals surface area contributed by atoms with Gasteiger partial charge in [-0.15, -0.1) is 0 Å². The van der Waals surface area contributed by atoms with Gasteiger partial charge in [0.05, 0.1) is 12.1 Å². The van der Waals surface area contributed by atoms with Crippen LogP contribution in [0, 0.1) is 9.39 Å². The van der Waals surface area contributed by atoms with Crippen molar-refractivity contribution in [1.82, 2.24) is 0 Å². The molecule has 0 fully saturated rings. The van der Waals surface area contributed by atoms with E-state index in [0.29, 0.717) is 3.57 Å². The van der Waals surface area contributed by atoms with Gasteiger partial charge < -0.3 is 10.8 Å². The SMILES string of the molecule is CC(O)[C@@H](N)c1ccc(F)c(I)c1. The topological polar surface area (TPSA) is 46.2 Å². The van der Waals surface area contributed by atoms with Crippen LogP contribution >= 0.6 is 22.6 Å². The van der Waals surface area contributed by atoms with Crippen molar-refractivity contribution in [1.29, 1.82) is 0 Å². The van der Waals surface area contributed by atoms with Crippen molar-refractivity contribution in [2.75, 3.05) is 0 Å². The van der Waals surface area contributed by atoms with Gasteiger partial charge in [0.2, 0.25) is 0 Å². The molecule has 1 aromatic rings. The molecule has 72 valence electrons. The molecule has 0 heterocycles. The van der Waals surface area contributed by atoms with Gasteiger partial charge in [-0.1, -0.05) is 6.07 Å². The molecule has 0 aliphatic rings. The highest BCUT2D eigenvalue weighted by molar-refractivity contribution is 14.1. The lowest BCUT2D eigenvalue weighted by molar-refractivity contribution is 0.164. The Morgan fingerprint density at radius 3 is 2.62 bits per heavy atom. The number of halogens is 2. The van der Waals surface area contributed by atoms with Crippen molar-refractivity contribution in [3.05, 3.63) is 33.1 Å². The number of benzene rings is 1. The maximum Gasteiger partial charge on any atom is 0.136 e. The van der Waals surface area contributed by atoms with Crippen molar-refractivity contribution in [2.45, 2.75) is 19.1 Å². The lowest BCUT2D eigenvalue weighted by Crippen LogP contribution is -2.23. The summed E-state index contributed by atoms with van der Waals surface area (Å²) < 4.78 is 13.4. The van der Waals surface area contributed by atoms with Crippen LogP contribution in [0.3, 0.4) is 0 Å². The van der Waals surface area contributed by atoms with Crippen LogP contribution in [0.15, 0.2) is 18.2 Å². The van der Waals surface area contributed by atoms with E-state index < -0.39 is 12.1 Å². The average Bonchev–Trinajstić information content (AvgIpc) is 2.08. The summed E-state index contributed by atoms with van der Waals surface area (Å²) in [6, 6.07) is 4.15. The van der Waals surface area contributed by atoms with Crippen LogP contribution in [-0.4, -0.2) is 11.2 Å². The Morgan fingerprint density at radius 1 is 1.54 bits per heavy atom. The first kappa shape index (κ1) is 10.9. The molecule has 2 nitrogen and oxygen atoms in total. The van der Waals surface area contributed by atoms with Gasteiger partial charge in [0.1, 0.15) is 5.82 Å². The van der Waals surface area contributed by atoms with Gasteiger partial charge in [-0.25, -0.2) is 4.39 Å². The number of nitrogens with two attached hydrogens (primary N) is 1. The Bertz CT molecular complexity index is 304. The average molecular weight is 295 g/mol. The number of aliphatic hydroxyl groups excluding tert-OH is 1. The molecular weight excluding hydrogens is 284 g/mol. The number of hydrogen-bond acceptors (Lipinski definition) is 2. The normalized spacial score (nSPS) is 15.5. The van der Waals surface area contributed by atoms with Crippen LogP contribution < -0.4 is 5.73 Å². The molecule has 0 saturated carbocycles. The predicted octanol–water partition coefficient (Wildman–Crippen LogP) is 1.81. The zero-order chi connectivity index (χ0) is 10.0. The van der Waals surface area contributed by atoms with Gasteiger partial charge in [-0.3, -0.25) is 0 Å². The van der Waals surface area contributed by atoms with Crippen molar-refractivity contribution in [3.8, 4) is 0 Å². The summed E-state index contributed by atoms with van der Waals surface area (Å²) in [6.45, 7) is 1.61. The first-order chi connectivity index (χ1) is 6.02. The Morgan fingerprint density at radius 2 is 2.15 bits per heavy atom. The molecule has 0 aromatic heterocycles. The molecule has 0 spiro atoms. The summed E-state index contributed by atoms with van der Waals surface area (Å²) in [7, 11) is 0. The smallest absolute Gasteiger partial charge is 0.136 e. The van der Waals surface area contributed by atoms with Crippen molar-refractivity contribution in [2.24, 2.45) is 5.73 Å². The van der Waals surface area contributed by atoms with E-state index in [-0.39, 0.29) is 5.82 Å². The Balaban J connectivity index is 2.97. The third-order valence-electron chi connectivity index (χ3n) is 1.85. The number of aliphatic hydroxyl groups is 1. The molecule has 0 aliphatic heterocycles. The fourth-order valence-electron chi connectivity index (χ4n) is 0.998. The summed E-state index contributed by atoms with van der Waals surface area (Å²) in [5, 5.41) is 9.21. The third kappa shape index (κ3) is 2.62. The van der Waals surface area contributed by atoms with Gasteiger partial charge in [0.15, 0.2) is 0 Å². The second-order valence-electron chi connectivity index (χ2n) is 2.94. The zero-order valence-electron chi connectivity index (χ0n) is 7.17. The van der Waals surface area contributed by atoms with Crippen LogP contribution in [0.4, 0.5) is 4.39 Å². The molecule has 3 N–H and O–H groups in total. The maximum absolute atomic E-state index is 12.9. The summed E-state index contributed by atoms with van der Waals surface area (Å²) in [5.74, 6) is -0.262. The van der Waals surface area contributed by atoms with Crippen molar-refractivity contribution < 1.29 is 9.50 Å². The lowest BCUT2D eigenvalue weighted by Gasteiger charge is -2.15. The highest BCUT2D eigenvalue weighted by Gasteiger charge is 2.12. The van der Waals surface area contributed by atoms with Crippen LogP contribution in [0.5, 0.6) is 0 Å². The highest BCUT2D eigenvalue weighted by Crippen LogP contribution is 2.19. The van der Waals surface area contributed by atoms with E-state index in [2.05, 4.69) is 0 Å². The van der Waals surface area contributed by atoms with E-state index in [9.17, 15) is 9.50 Å². The van der Waals surface area contributed by atoms with Gasteiger partial charge in [0, 0.05) is 3.57 Å². The molecule has 4 heteroatoms. The minimum atomic E-state index is -0.624. The fourth-order valence-corrected chi connectivity index (χ4v) is 1.54. The summed E-state index contributed by atoms with van der Waals surface area (Å²) in [6.07, 6.45) is -0.624. The standard InChI is InChI=1S/C9H11FINO/c1-5(13)9(12)6-2-3-7(10)8(11)4-6/h2-5,9,13H,12H2,1H3/t5?,9-/m1/s1. The molecular formula is C9H11FINO. The molecule has 1 unspecified atom stereocenters. The minimum Gasteiger partial charge on any atom is -0.391 e. The molecule has 0 saturated heterocycles. The van der Waals surface area contributed by atoms with E-state index in [0.717, 1.165) is 5.56 Å². The number of rotatable bonds is 2.